The van der Waals surface area contributed by atoms with Crippen LogP contribution in [0.1, 0.15) is 46.0 Å². The summed E-state index contributed by atoms with van der Waals surface area (Å²) < 4.78 is 0. The molecule has 1 saturated heterocycles. The van der Waals surface area contributed by atoms with Gasteiger partial charge in [0.2, 0.25) is 0 Å². The Morgan fingerprint density at radius 2 is 1.67 bits per heavy atom. The molecular weight excluding hydrogens is 240 g/mol. The number of rotatable bonds is 7. The van der Waals surface area contributed by atoms with Crippen molar-refractivity contribution in [3.63, 3.8) is 0 Å². The normalized spacial score (nSPS) is 20.0. The zero-order valence-corrected chi connectivity index (χ0v) is 13.5. The van der Waals surface area contributed by atoms with Crippen molar-refractivity contribution in [3.05, 3.63) is 0 Å². The lowest BCUT2D eigenvalue weighted by Gasteiger charge is -2.37. The molecule has 0 unspecified atom stereocenters. The van der Waals surface area contributed by atoms with E-state index in [9.17, 15) is 0 Å². The smallest absolute Gasteiger partial charge is 0.0109 e. The summed E-state index contributed by atoms with van der Waals surface area (Å²) in [4.78, 5) is 5.15. The second kappa shape index (κ2) is 8.44. The van der Waals surface area contributed by atoms with E-state index in [1.807, 2.05) is 0 Å². The number of hydrogen-bond acceptors (Lipinski definition) is 3. The van der Waals surface area contributed by atoms with Crippen molar-refractivity contribution < 1.29 is 0 Å². The minimum absolute atomic E-state index is 0.454. The van der Waals surface area contributed by atoms with Gasteiger partial charge in [0.1, 0.15) is 0 Å². The summed E-state index contributed by atoms with van der Waals surface area (Å²) in [6, 6.07) is 0. The van der Waals surface area contributed by atoms with Crippen molar-refractivity contribution in [2.75, 3.05) is 45.5 Å². The van der Waals surface area contributed by atoms with Crippen LogP contribution in [0.25, 0.3) is 0 Å². The molecule has 0 spiro atoms. The molecule has 0 N–H and O–H groups in total. The van der Waals surface area contributed by atoms with Crippen molar-refractivity contribution >= 4 is 12.6 Å². The summed E-state index contributed by atoms with van der Waals surface area (Å²) in [7, 11) is 2.24. The molecule has 0 atom stereocenters. The Kier molecular flexibility index (Phi) is 7.66. The second-order valence-corrected chi connectivity index (χ2v) is 6.41. The Morgan fingerprint density at radius 1 is 1.00 bits per heavy atom. The fourth-order valence-electron chi connectivity index (χ4n) is 3.28. The van der Waals surface area contributed by atoms with Crippen LogP contribution in [0.3, 0.4) is 0 Å². The van der Waals surface area contributed by atoms with Crippen molar-refractivity contribution in [2.24, 2.45) is 5.41 Å². The van der Waals surface area contributed by atoms with Crippen LogP contribution in [0.5, 0.6) is 0 Å². The third-order valence-corrected chi connectivity index (χ3v) is 4.94. The molecule has 18 heavy (non-hydrogen) atoms. The van der Waals surface area contributed by atoms with Crippen molar-refractivity contribution in [1.82, 2.24) is 9.80 Å². The van der Waals surface area contributed by atoms with E-state index in [1.165, 1.54) is 64.8 Å². The first-order valence-corrected chi connectivity index (χ1v) is 8.31. The molecule has 0 saturated carbocycles. The molecule has 0 aromatic heterocycles. The molecule has 0 radical (unpaired) electrons. The van der Waals surface area contributed by atoms with Gasteiger partial charge in [0.25, 0.3) is 0 Å². The average molecular weight is 273 g/mol. The van der Waals surface area contributed by atoms with Crippen molar-refractivity contribution in [2.45, 2.75) is 46.0 Å². The van der Waals surface area contributed by atoms with E-state index in [-0.39, 0.29) is 0 Å². The Hall–Kier alpha value is 0.270. The lowest BCUT2D eigenvalue weighted by Crippen LogP contribution is -2.41. The number of nitrogens with zero attached hydrogens (tertiary/aromatic N) is 2. The fraction of sp³-hybridized carbons (Fsp3) is 1.00. The van der Waals surface area contributed by atoms with E-state index in [0.717, 1.165) is 5.75 Å². The average Bonchev–Trinajstić information content (AvgIpc) is 2.55. The highest BCUT2D eigenvalue weighted by atomic mass is 32.1. The van der Waals surface area contributed by atoms with Gasteiger partial charge in [-0.15, -0.1) is 0 Å². The van der Waals surface area contributed by atoms with Gasteiger partial charge in [-0.25, -0.2) is 0 Å². The van der Waals surface area contributed by atoms with Gasteiger partial charge in [0.15, 0.2) is 0 Å². The molecule has 1 fully saturated rings. The maximum Gasteiger partial charge on any atom is 0.0109 e. The largest absolute Gasteiger partial charge is 0.305 e. The molecule has 2 nitrogen and oxygen atoms in total. The highest BCUT2D eigenvalue weighted by Crippen LogP contribution is 2.32. The molecule has 108 valence electrons. The maximum atomic E-state index is 4.68. The first kappa shape index (κ1) is 16.3. The third kappa shape index (κ3) is 5.10. The van der Waals surface area contributed by atoms with Crippen LogP contribution in [0, 0.1) is 5.41 Å². The monoisotopic (exact) mass is 272 g/mol. The topological polar surface area (TPSA) is 6.48 Å². The number of hydrogen-bond donors (Lipinski definition) is 1. The quantitative estimate of drug-likeness (QED) is 0.711. The summed E-state index contributed by atoms with van der Waals surface area (Å²) in [5.74, 6) is 1.04. The Balaban J connectivity index is 2.57. The van der Waals surface area contributed by atoms with Gasteiger partial charge in [-0.1, -0.05) is 26.7 Å². The van der Waals surface area contributed by atoms with Gasteiger partial charge in [-0.3, -0.25) is 0 Å². The van der Waals surface area contributed by atoms with E-state index in [4.69, 9.17) is 0 Å². The van der Waals surface area contributed by atoms with Gasteiger partial charge >= 0.3 is 0 Å². The van der Waals surface area contributed by atoms with E-state index in [0.29, 0.717) is 5.41 Å². The number of likely N-dealkylation sites (N-methyl/N-ethyl adjacent to an activating group) is 1. The Labute approximate surface area is 120 Å². The van der Waals surface area contributed by atoms with Gasteiger partial charge < -0.3 is 9.80 Å². The third-order valence-electron chi connectivity index (χ3n) is 4.27. The molecule has 0 aromatic rings. The molecule has 1 aliphatic heterocycles. The van der Waals surface area contributed by atoms with E-state index >= 15 is 0 Å². The Morgan fingerprint density at radius 3 is 2.22 bits per heavy atom. The summed E-state index contributed by atoms with van der Waals surface area (Å²) in [5, 5.41) is 0. The molecular formula is C15H32N2S. The summed E-state index contributed by atoms with van der Waals surface area (Å²) >= 11 is 4.68. The predicted molar refractivity (Wildman–Crippen MR) is 84.7 cm³/mol. The van der Waals surface area contributed by atoms with Gasteiger partial charge in [0, 0.05) is 19.6 Å². The molecule has 0 amide bonds. The van der Waals surface area contributed by atoms with Crippen LogP contribution in [0.15, 0.2) is 0 Å². The Bertz CT molecular complexity index is 215. The van der Waals surface area contributed by atoms with Crippen LogP contribution < -0.4 is 0 Å². The molecule has 1 heterocycles. The summed E-state index contributed by atoms with van der Waals surface area (Å²) in [5.41, 5.74) is 0.454. The second-order valence-electron chi connectivity index (χ2n) is 6.09. The van der Waals surface area contributed by atoms with Crippen molar-refractivity contribution in [3.8, 4) is 0 Å². The lowest BCUT2D eigenvalue weighted by atomic mass is 9.80. The molecule has 1 aliphatic rings. The minimum atomic E-state index is 0.454. The van der Waals surface area contributed by atoms with Gasteiger partial charge in [-0.05, 0) is 50.6 Å². The van der Waals surface area contributed by atoms with Crippen LogP contribution in [-0.4, -0.2) is 55.3 Å². The maximum absolute atomic E-state index is 4.68. The molecule has 3 heteroatoms. The van der Waals surface area contributed by atoms with E-state index < -0.39 is 0 Å². The van der Waals surface area contributed by atoms with Gasteiger partial charge in [-0.2, -0.15) is 12.6 Å². The highest BCUT2D eigenvalue weighted by molar-refractivity contribution is 7.80. The fourth-order valence-corrected chi connectivity index (χ4v) is 3.70. The zero-order valence-electron chi connectivity index (χ0n) is 12.6. The molecule has 0 aromatic carbocycles. The van der Waals surface area contributed by atoms with E-state index in [1.54, 1.807) is 0 Å². The lowest BCUT2D eigenvalue weighted by molar-refractivity contribution is 0.150. The first-order valence-electron chi connectivity index (χ1n) is 7.67. The molecule has 0 bridgehead atoms. The highest BCUT2D eigenvalue weighted by Gasteiger charge is 2.29. The predicted octanol–water partition coefficient (Wildman–Crippen LogP) is 3.14. The number of thiol groups is 1. The zero-order chi connectivity index (χ0) is 13.4. The summed E-state index contributed by atoms with van der Waals surface area (Å²) in [6.45, 7) is 10.9. The van der Waals surface area contributed by atoms with Crippen LogP contribution >= 0.6 is 12.6 Å². The first-order chi connectivity index (χ1) is 8.65. The molecule has 1 rings (SSSR count). The van der Waals surface area contributed by atoms with Crippen LogP contribution in [0.2, 0.25) is 0 Å². The van der Waals surface area contributed by atoms with Gasteiger partial charge in [0.05, 0.1) is 0 Å². The minimum Gasteiger partial charge on any atom is -0.305 e. The standard InChI is InChI=1S/C15H32N2S/c1-4-7-15(14-18,8-5-2)13-17-10-6-9-16(3)11-12-17/h18H,4-14H2,1-3H3. The van der Waals surface area contributed by atoms with Crippen molar-refractivity contribution in [1.29, 1.82) is 0 Å². The SMILES string of the molecule is CCCC(CS)(CCC)CN1CCCN(C)CC1. The van der Waals surface area contributed by atoms with E-state index in [2.05, 4.69) is 43.3 Å². The summed E-state index contributed by atoms with van der Waals surface area (Å²) in [6.07, 6.45) is 6.55. The van der Waals surface area contributed by atoms with Crippen LogP contribution in [0.4, 0.5) is 0 Å². The molecule has 0 aliphatic carbocycles. The van der Waals surface area contributed by atoms with Crippen LogP contribution in [-0.2, 0) is 0 Å².